The average Bonchev–Trinajstić information content (AvgIpc) is 3.34. The second-order valence-electron chi connectivity index (χ2n) is 8.42. The molecule has 33 heavy (non-hydrogen) atoms. The van der Waals surface area contributed by atoms with Crippen molar-refractivity contribution in [2.75, 3.05) is 6.61 Å². The van der Waals surface area contributed by atoms with Crippen LogP contribution >= 0.6 is 0 Å². The first kappa shape index (κ1) is 19.6. The summed E-state index contributed by atoms with van der Waals surface area (Å²) < 4.78 is 5.26. The molecule has 0 radical (unpaired) electrons. The minimum atomic E-state index is -0.351. The molecule has 0 saturated heterocycles. The maximum atomic E-state index is 12.5. The minimum Gasteiger partial charge on any atom is -0.462 e. The Kier molecular flexibility index (Phi) is 4.47. The summed E-state index contributed by atoms with van der Waals surface area (Å²) in [5.41, 5.74) is 11.9. The van der Waals surface area contributed by atoms with Crippen molar-refractivity contribution in [3.05, 3.63) is 106 Å². The monoisotopic (exact) mass is 430 g/mol. The Morgan fingerprint density at radius 2 is 1.61 bits per heavy atom. The molecule has 2 aliphatic carbocycles. The van der Waals surface area contributed by atoms with E-state index in [1.807, 2.05) is 32.0 Å². The quantitative estimate of drug-likeness (QED) is 0.310. The summed E-state index contributed by atoms with van der Waals surface area (Å²) >= 11 is 0. The minimum absolute atomic E-state index is 0.327. The second-order valence-corrected chi connectivity index (χ2v) is 8.42. The zero-order chi connectivity index (χ0) is 22.5. The zero-order valence-corrected chi connectivity index (χ0v) is 18.6. The van der Waals surface area contributed by atoms with Crippen molar-refractivity contribution >= 4 is 17.4 Å². The number of hydrogen-bond acceptors (Lipinski definition) is 4. The van der Waals surface area contributed by atoms with Gasteiger partial charge in [0.25, 0.3) is 0 Å². The van der Waals surface area contributed by atoms with Crippen LogP contribution in [0, 0.1) is 6.92 Å². The second kappa shape index (κ2) is 7.52. The summed E-state index contributed by atoms with van der Waals surface area (Å²) in [4.78, 5) is 22.4. The van der Waals surface area contributed by atoms with E-state index in [0.29, 0.717) is 17.9 Å². The van der Waals surface area contributed by atoms with Gasteiger partial charge < -0.3 is 4.74 Å². The number of ether oxygens (including phenoxy) is 1. The van der Waals surface area contributed by atoms with Gasteiger partial charge in [0, 0.05) is 16.7 Å². The summed E-state index contributed by atoms with van der Waals surface area (Å²) in [5.74, 6) is -0.351. The highest BCUT2D eigenvalue weighted by molar-refractivity contribution is 6.25. The van der Waals surface area contributed by atoms with Crippen LogP contribution in [0.1, 0.15) is 45.2 Å². The van der Waals surface area contributed by atoms with Crippen molar-refractivity contribution in [1.82, 2.24) is 4.98 Å². The number of carbonyl (C=O) groups excluding carboxylic acids is 1. The fourth-order valence-electron chi connectivity index (χ4n) is 4.90. The number of rotatable bonds is 3. The van der Waals surface area contributed by atoms with Crippen molar-refractivity contribution in [3.8, 4) is 22.4 Å². The predicted molar refractivity (Wildman–Crippen MR) is 130 cm³/mol. The molecular weight excluding hydrogens is 408 g/mol. The topological polar surface area (TPSA) is 51.5 Å². The number of pyridine rings is 1. The van der Waals surface area contributed by atoms with Crippen LogP contribution in [-0.2, 0) is 11.2 Å². The van der Waals surface area contributed by atoms with Crippen molar-refractivity contribution in [2.24, 2.45) is 4.99 Å². The third kappa shape index (κ3) is 3.10. The predicted octanol–water partition coefficient (Wildman–Crippen LogP) is 6.29. The summed E-state index contributed by atoms with van der Waals surface area (Å²) in [7, 11) is 0. The molecule has 1 aromatic heterocycles. The molecule has 0 spiro atoms. The van der Waals surface area contributed by atoms with Gasteiger partial charge in [0.1, 0.15) is 0 Å². The van der Waals surface area contributed by atoms with Crippen LogP contribution in [0.15, 0.2) is 77.8 Å². The number of nitrogens with zero attached hydrogens (tertiary/aromatic N) is 2. The number of benzene rings is 3. The van der Waals surface area contributed by atoms with E-state index in [9.17, 15) is 4.79 Å². The summed E-state index contributed by atoms with van der Waals surface area (Å²) in [5, 5.41) is 0. The molecule has 0 amide bonds. The van der Waals surface area contributed by atoms with Crippen LogP contribution in [0.2, 0.25) is 0 Å². The third-order valence-corrected chi connectivity index (χ3v) is 6.42. The Bertz CT molecular complexity index is 1480. The zero-order valence-electron chi connectivity index (χ0n) is 18.6. The lowest BCUT2D eigenvalue weighted by molar-refractivity contribution is 0.0525. The highest BCUT2D eigenvalue weighted by Crippen LogP contribution is 2.40. The van der Waals surface area contributed by atoms with Gasteiger partial charge in [-0.25, -0.2) is 9.79 Å². The van der Waals surface area contributed by atoms with Gasteiger partial charge in [0.2, 0.25) is 0 Å². The highest BCUT2D eigenvalue weighted by Gasteiger charge is 2.29. The maximum absolute atomic E-state index is 12.5. The molecule has 0 atom stereocenters. The fourth-order valence-corrected chi connectivity index (χ4v) is 4.90. The lowest BCUT2D eigenvalue weighted by Crippen LogP contribution is -2.10. The Hall–Kier alpha value is -4.05. The van der Waals surface area contributed by atoms with Gasteiger partial charge >= 0.3 is 5.97 Å². The van der Waals surface area contributed by atoms with E-state index < -0.39 is 0 Å². The molecule has 0 fully saturated rings. The first-order chi connectivity index (χ1) is 16.1. The largest absolute Gasteiger partial charge is 0.462 e. The van der Waals surface area contributed by atoms with E-state index in [1.165, 1.54) is 22.3 Å². The van der Waals surface area contributed by atoms with E-state index >= 15 is 0 Å². The summed E-state index contributed by atoms with van der Waals surface area (Å²) in [6.45, 7) is 3.99. The van der Waals surface area contributed by atoms with E-state index in [2.05, 4.69) is 54.6 Å². The standard InChI is InChI=1S/C29H22N2O2/c1-3-33-29(32)25-16-26-27(30-17(25)2)23-10-6-7-11-24(23)28(26)31-20-12-13-22-19(15-20)14-18-8-4-5-9-21(18)22/h4-13,15-16H,3,14H2,1-2H3. The fraction of sp³-hybridized carbons (Fsp3) is 0.138. The molecule has 2 aliphatic rings. The summed E-state index contributed by atoms with van der Waals surface area (Å²) in [6.07, 6.45) is 0.922. The SMILES string of the molecule is CCOC(=O)c1cc2c(nc1C)-c1ccccc1C2=Nc1ccc2c(c1)Cc1ccccc1-2. The number of aromatic nitrogens is 1. The molecule has 0 unspecified atom stereocenters. The van der Waals surface area contributed by atoms with Crippen LogP contribution in [0.5, 0.6) is 0 Å². The maximum Gasteiger partial charge on any atom is 0.339 e. The van der Waals surface area contributed by atoms with Gasteiger partial charge in [-0.15, -0.1) is 0 Å². The van der Waals surface area contributed by atoms with Gasteiger partial charge in [0.15, 0.2) is 0 Å². The molecule has 4 nitrogen and oxygen atoms in total. The first-order valence-corrected chi connectivity index (χ1v) is 11.2. The highest BCUT2D eigenvalue weighted by atomic mass is 16.5. The van der Waals surface area contributed by atoms with E-state index in [4.69, 9.17) is 14.7 Å². The molecule has 4 aromatic rings. The Morgan fingerprint density at radius 1 is 0.879 bits per heavy atom. The van der Waals surface area contributed by atoms with Crippen LogP contribution in [-0.4, -0.2) is 23.3 Å². The van der Waals surface area contributed by atoms with Crippen molar-refractivity contribution in [3.63, 3.8) is 0 Å². The van der Waals surface area contributed by atoms with Gasteiger partial charge in [-0.05, 0) is 60.7 Å². The average molecular weight is 431 g/mol. The molecule has 4 heteroatoms. The van der Waals surface area contributed by atoms with Gasteiger partial charge in [0.05, 0.1) is 35.0 Å². The molecule has 0 N–H and O–H groups in total. The molecule has 1 heterocycles. The van der Waals surface area contributed by atoms with Gasteiger partial charge in [-0.3, -0.25) is 4.98 Å². The number of hydrogen-bond donors (Lipinski definition) is 0. The van der Waals surface area contributed by atoms with E-state index in [0.717, 1.165) is 40.2 Å². The Balaban J connectivity index is 1.49. The molecule has 6 rings (SSSR count). The van der Waals surface area contributed by atoms with Gasteiger partial charge in [-0.2, -0.15) is 0 Å². The summed E-state index contributed by atoms with van der Waals surface area (Å²) in [6, 6.07) is 25.0. The molecular formula is C29H22N2O2. The van der Waals surface area contributed by atoms with Crippen LogP contribution in [0.4, 0.5) is 5.69 Å². The Morgan fingerprint density at radius 3 is 2.42 bits per heavy atom. The van der Waals surface area contributed by atoms with Gasteiger partial charge in [-0.1, -0.05) is 54.6 Å². The molecule has 0 saturated carbocycles. The normalized spacial score (nSPS) is 13.9. The lowest BCUT2D eigenvalue weighted by Gasteiger charge is -2.09. The number of esters is 1. The molecule has 0 bridgehead atoms. The third-order valence-electron chi connectivity index (χ3n) is 6.42. The molecule has 160 valence electrons. The number of carbonyl (C=O) groups is 1. The van der Waals surface area contributed by atoms with Crippen molar-refractivity contribution < 1.29 is 9.53 Å². The van der Waals surface area contributed by atoms with Crippen molar-refractivity contribution in [1.29, 1.82) is 0 Å². The van der Waals surface area contributed by atoms with E-state index in [-0.39, 0.29) is 5.97 Å². The number of aliphatic imine (C=N–C) groups is 1. The van der Waals surface area contributed by atoms with Crippen LogP contribution < -0.4 is 0 Å². The number of aryl methyl sites for hydroxylation is 1. The molecule has 3 aromatic carbocycles. The Labute approximate surface area is 192 Å². The first-order valence-electron chi connectivity index (χ1n) is 11.2. The number of fused-ring (bicyclic) bond motifs is 6. The van der Waals surface area contributed by atoms with E-state index in [1.54, 1.807) is 0 Å². The van der Waals surface area contributed by atoms with Crippen molar-refractivity contribution in [2.45, 2.75) is 20.3 Å². The van der Waals surface area contributed by atoms with Crippen LogP contribution in [0.3, 0.4) is 0 Å². The molecule has 0 aliphatic heterocycles. The lowest BCUT2D eigenvalue weighted by atomic mass is 10.0. The van der Waals surface area contributed by atoms with Crippen LogP contribution in [0.25, 0.3) is 22.4 Å². The smallest absolute Gasteiger partial charge is 0.339 e.